The fourth-order valence-corrected chi connectivity index (χ4v) is 2.36. The zero-order chi connectivity index (χ0) is 14.5. The normalized spacial score (nSPS) is 21.5. The van der Waals surface area contributed by atoms with Gasteiger partial charge in [-0.3, -0.25) is 9.59 Å². The molecule has 0 spiro atoms. The van der Waals surface area contributed by atoms with Gasteiger partial charge < -0.3 is 16.0 Å². The molecule has 5 heteroatoms. The lowest BCUT2D eigenvalue weighted by Crippen LogP contribution is -2.28. The maximum Gasteiger partial charge on any atom is 0.251 e. The zero-order valence-corrected chi connectivity index (χ0v) is 11.9. The standard InChI is InChI=1S/C15H21N3O2/c1-3-17-14(19)11-4-6-12(7-5-11)18-15(20)13-9-16-8-10(13)2/h4-7,10,13,16H,3,8-9H2,1-2H3,(H,17,19)(H,18,20)/t10-,13-/m1/s1. The second kappa shape index (κ2) is 6.52. The molecular weight excluding hydrogens is 254 g/mol. The summed E-state index contributed by atoms with van der Waals surface area (Å²) in [6.07, 6.45) is 0. The van der Waals surface area contributed by atoms with E-state index >= 15 is 0 Å². The minimum Gasteiger partial charge on any atom is -0.352 e. The number of hydrogen-bond acceptors (Lipinski definition) is 3. The van der Waals surface area contributed by atoms with Crippen molar-refractivity contribution >= 4 is 17.5 Å². The first-order valence-electron chi connectivity index (χ1n) is 7.01. The van der Waals surface area contributed by atoms with Crippen LogP contribution >= 0.6 is 0 Å². The highest BCUT2D eigenvalue weighted by atomic mass is 16.2. The number of nitrogens with one attached hydrogen (secondary N) is 3. The van der Waals surface area contributed by atoms with Crippen molar-refractivity contribution in [2.75, 3.05) is 25.0 Å². The molecule has 1 heterocycles. The van der Waals surface area contributed by atoms with Crippen LogP contribution in [-0.4, -0.2) is 31.4 Å². The van der Waals surface area contributed by atoms with Crippen molar-refractivity contribution in [3.8, 4) is 0 Å². The van der Waals surface area contributed by atoms with Crippen LogP contribution in [0.15, 0.2) is 24.3 Å². The van der Waals surface area contributed by atoms with Gasteiger partial charge in [0.25, 0.3) is 5.91 Å². The lowest BCUT2D eigenvalue weighted by molar-refractivity contribution is -0.120. The Hall–Kier alpha value is -1.88. The third-order valence-corrected chi connectivity index (χ3v) is 3.61. The molecule has 1 fully saturated rings. The zero-order valence-electron chi connectivity index (χ0n) is 11.9. The highest BCUT2D eigenvalue weighted by Crippen LogP contribution is 2.18. The Balaban J connectivity index is 1.96. The second-order valence-electron chi connectivity index (χ2n) is 5.17. The number of carbonyl (C=O) groups is 2. The van der Waals surface area contributed by atoms with Crippen molar-refractivity contribution in [1.29, 1.82) is 0 Å². The van der Waals surface area contributed by atoms with Gasteiger partial charge in [0, 0.05) is 24.3 Å². The van der Waals surface area contributed by atoms with E-state index in [1.54, 1.807) is 24.3 Å². The average Bonchev–Trinajstić information content (AvgIpc) is 2.86. The van der Waals surface area contributed by atoms with Crippen molar-refractivity contribution in [2.24, 2.45) is 11.8 Å². The van der Waals surface area contributed by atoms with E-state index in [-0.39, 0.29) is 17.7 Å². The minimum atomic E-state index is -0.0982. The van der Waals surface area contributed by atoms with Crippen molar-refractivity contribution < 1.29 is 9.59 Å². The first-order valence-corrected chi connectivity index (χ1v) is 7.01. The van der Waals surface area contributed by atoms with Crippen LogP contribution in [0, 0.1) is 11.8 Å². The number of benzene rings is 1. The Morgan fingerprint density at radius 1 is 1.25 bits per heavy atom. The summed E-state index contributed by atoms with van der Waals surface area (Å²) < 4.78 is 0. The lowest BCUT2D eigenvalue weighted by Gasteiger charge is -2.14. The highest BCUT2D eigenvalue weighted by Gasteiger charge is 2.29. The molecule has 1 saturated heterocycles. The van der Waals surface area contributed by atoms with E-state index in [0.29, 0.717) is 18.0 Å². The van der Waals surface area contributed by atoms with Gasteiger partial charge in [0.2, 0.25) is 5.91 Å². The number of rotatable bonds is 4. The summed E-state index contributed by atoms with van der Waals surface area (Å²) in [5.74, 6) is 0.301. The second-order valence-corrected chi connectivity index (χ2v) is 5.17. The molecule has 0 radical (unpaired) electrons. The van der Waals surface area contributed by atoms with Crippen LogP contribution < -0.4 is 16.0 Å². The fraction of sp³-hybridized carbons (Fsp3) is 0.467. The van der Waals surface area contributed by atoms with Crippen LogP contribution in [-0.2, 0) is 4.79 Å². The Bertz CT molecular complexity index is 484. The summed E-state index contributed by atoms with van der Waals surface area (Å²) in [7, 11) is 0. The van der Waals surface area contributed by atoms with Gasteiger partial charge in [0.05, 0.1) is 5.92 Å². The molecule has 0 unspecified atom stereocenters. The lowest BCUT2D eigenvalue weighted by atomic mass is 9.97. The topological polar surface area (TPSA) is 70.2 Å². The Morgan fingerprint density at radius 3 is 2.50 bits per heavy atom. The molecule has 0 saturated carbocycles. The van der Waals surface area contributed by atoms with Crippen LogP contribution in [0.1, 0.15) is 24.2 Å². The van der Waals surface area contributed by atoms with Crippen molar-refractivity contribution in [3.63, 3.8) is 0 Å². The van der Waals surface area contributed by atoms with Gasteiger partial charge in [-0.05, 0) is 43.7 Å². The molecule has 1 aromatic carbocycles. The van der Waals surface area contributed by atoms with E-state index in [9.17, 15) is 9.59 Å². The highest BCUT2D eigenvalue weighted by molar-refractivity contribution is 5.96. The summed E-state index contributed by atoms with van der Waals surface area (Å²) in [6, 6.07) is 6.96. The molecule has 0 aromatic heterocycles. The minimum absolute atomic E-state index is 0.0121. The number of carbonyl (C=O) groups excluding carboxylic acids is 2. The van der Waals surface area contributed by atoms with Gasteiger partial charge in [-0.25, -0.2) is 0 Å². The number of anilines is 1. The SMILES string of the molecule is CCNC(=O)c1ccc(NC(=O)[C@@H]2CNC[C@H]2C)cc1. The summed E-state index contributed by atoms with van der Waals surface area (Å²) in [5.41, 5.74) is 1.32. The van der Waals surface area contributed by atoms with Crippen LogP contribution in [0.25, 0.3) is 0 Å². The van der Waals surface area contributed by atoms with Crippen molar-refractivity contribution in [1.82, 2.24) is 10.6 Å². The van der Waals surface area contributed by atoms with E-state index in [4.69, 9.17) is 0 Å². The van der Waals surface area contributed by atoms with Gasteiger partial charge in [0.1, 0.15) is 0 Å². The predicted molar refractivity (Wildman–Crippen MR) is 78.6 cm³/mol. The molecule has 20 heavy (non-hydrogen) atoms. The monoisotopic (exact) mass is 275 g/mol. The largest absolute Gasteiger partial charge is 0.352 e. The molecule has 0 aliphatic carbocycles. The third kappa shape index (κ3) is 3.36. The van der Waals surface area contributed by atoms with E-state index < -0.39 is 0 Å². The van der Waals surface area contributed by atoms with E-state index in [0.717, 1.165) is 18.8 Å². The Kier molecular flexibility index (Phi) is 4.74. The van der Waals surface area contributed by atoms with Crippen LogP contribution in [0.2, 0.25) is 0 Å². The van der Waals surface area contributed by atoms with E-state index in [1.165, 1.54) is 0 Å². The number of hydrogen-bond donors (Lipinski definition) is 3. The predicted octanol–water partition coefficient (Wildman–Crippen LogP) is 1.23. The molecule has 0 bridgehead atoms. The van der Waals surface area contributed by atoms with Gasteiger partial charge >= 0.3 is 0 Å². The molecule has 2 rings (SSSR count). The molecule has 1 aliphatic rings. The molecular formula is C15H21N3O2. The van der Waals surface area contributed by atoms with Crippen LogP contribution in [0.3, 0.4) is 0 Å². The quantitative estimate of drug-likeness (QED) is 0.774. The summed E-state index contributed by atoms with van der Waals surface area (Å²) in [4.78, 5) is 23.7. The first-order chi connectivity index (χ1) is 9.61. The average molecular weight is 275 g/mol. The van der Waals surface area contributed by atoms with Gasteiger partial charge in [-0.2, -0.15) is 0 Å². The Labute approximate surface area is 119 Å². The first kappa shape index (κ1) is 14.5. The molecule has 1 aromatic rings. The fourth-order valence-electron chi connectivity index (χ4n) is 2.36. The maximum atomic E-state index is 12.1. The molecule has 2 amide bonds. The van der Waals surface area contributed by atoms with Crippen molar-refractivity contribution in [3.05, 3.63) is 29.8 Å². The van der Waals surface area contributed by atoms with Crippen LogP contribution in [0.4, 0.5) is 5.69 Å². The Morgan fingerprint density at radius 2 is 1.95 bits per heavy atom. The van der Waals surface area contributed by atoms with Crippen LogP contribution in [0.5, 0.6) is 0 Å². The molecule has 2 atom stereocenters. The van der Waals surface area contributed by atoms with Crippen molar-refractivity contribution in [2.45, 2.75) is 13.8 Å². The van der Waals surface area contributed by atoms with Gasteiger partial charge in [-0.1, -0.05) is 6.92 Å². The molecule has 5 nitrogen and oxygen atoms in total. The van der Waals surface area contributed by atoms with Gasteiger partial charge in [-0.15, -0.1) is 0 Å². The molecule has 3 N–H and O–H groups in total. The van der Waals surface area contributed by atoms with Gasteiger partial charge in [0.15, 0.2) is 0 Å². The molecule has 1 aliphatic heterocycles. The number of amides is 2. The summed E-state index contributed by atoms with van der Waals surface area (Å²) >= 11 is 0. The summed E-state index contributed by atoms with van der Waals surface area (Å²) in [5, 5.41) is 8.85. The summed E-state index contributed by atoms with van der Waals surface area (Å²) in [6.45, 7) is 6.16. The van der Waals surface area contributed by atoms with E-state index in [1.807, 2.05) is 6.92 Å². The maximum absolute atomic E-state index is 12.1. The smallest absolute Gasteiger partial charge is 0.251 e. The molecule has 108 valence electrons. The van der Waals surface area contributed by atoms with E-state index in [2.05, 4.69) is 22.9 Å². The third-order valence-electron chi connectivity index (χ3n) is 3.61.